The van der Waals surface area contributed by atoms with Crippen LogP contribution in [-0.2, 0) is 47.2 Å². The zero-order valence-corrected chi connectivity index (χ0v) is 44.2. The highest BCUT2D eigenvalue weighted by Crippen LogP contribution is 2.38. The number of likely N-dealkylation sites (tertiary alicyclic amines) is 1. The van der Waals surface area contributed by atoms with Crippen molar-refractivity contribution in [3.63, 3.8) is 0 Å². The molecule has 2 atom stereocenters. The van der Waals surface area contributed by atoms with Gasteiger partial charge in [0, 0.05) is 12.1 Å². The highest BCUT2D eigenvalue weighted by atomic mass is 16.6. The third-order valence-electron chi connectivity index (χ3n) is 13.1. The zero-order chi connectivity index (χ0) is 55.5. The molecule has 2 amide bonds. The molecule has 1 saturated heterocycles. The summed E-state index contributed by atoms with van der Waals surface area (Å²) in [5, 5.41) is 2.98. The summed E-state index contributed by atoms with van der Waals surface area (Å²) in [6, 6.07) is 60.0. The van der Waals surface area contributed by atoms with Crippen LogP contribution in [0, 0.1) is 0 Å². The van der Waals surface area contributed by atoms with Gasteiger partial charge in [0.2, 0.25) is 5.78 Å². The molecule has 0 radical (unpaired) electrons. The summed E-state index contributed by atoms with van der Waals surface area (Å²) in [4.78, 5) is 73.7. The largest absolute Gasteiger partial charge is 0.489 e. The first-order chi connectivity index (χ1) is 39.2. The van der Waals surface area contributed by atoms with Gasteiger partial charge in [-0.25, -0.2) is 14.4 Å². The molecule has 1 N–H and O–H groups in total. The Morgan fingerprint density at radius 3 is 1.48 bits per heavy atom. The minimum absolute atomic E-state index is 0.0287. The van der Waals surface area contributed by atoms with Crippen LogP contribution in [0.25, 0.3) is 0 Å². The van der Waals surface area contributed by atoms with E-state index in [2.05, 4.69) is 5.32 Å². The lowest BCUT2D eigenvalue weighted by Gasteiger charge is -2.22. The average molecular weight is 1070 g/mol. The van der Waals surface area contributed by atoms with E-state index >= 15 is 4.79 Å². The van der Waals surface area contributed by atoms with Crippen molar-refractivity contribution in [2.45, 2.75) is 64.9 Å². The average Bonchev–Trinajstić information content (AvgIpc) is 4.06. The first-order valence-electron chi connectivity index (χ1n) is 26.5. The van der Waals surface area contributed by atoms with Crippen molar-refractivity contribution in [2.24, 2.45) is 0 Å². The van der Waals surface area contributed by atoms with Crippen LogP contribution in [0.5, 0.6) is 23.0 Å². The zero-order valence-electron chi connectivity index (χ0n) is 44.2. The molecule has 14 heteroatoms. The maximum absolute atomic E-state index is 15.8. The van der Waals surface area contributed by atoms with Crippen molar-refractivity contribution in [3.05, 3.63) is 262 Å². The van der Waals surface area contributed by atoms with E-state index in [0.717, 1.165) is 34.2 Å². The van der Waals surface area contributed by atoms with Gasteiger partial charge >= 0.3 is 18.0 Å². The smallest absolute Gasteiger partial charge is 0.409 e. The topological polar surface area (TPSA) is 165 Å². The number of rotatable bonds is 24. The molecule has 0 bridgehead atoms. The molecule has 0 aliphatic carbocycles. The van der Waals surface area contributed by atoms with E-state index in [1.807, 2.05) is 159 Å². The molecule has 14 nitrogen and oxygen atoms in total. The number of ether oxygens (including phenoxy) is 7. The van der Waals surface area contributed by atoms with E-state index in [1.54, 1.807) is 36.4 Å². The number of nitrogens with one attached hydrogen (secondary N) is 1. The number of ketones is 1. The van der Waals surface area contributed by atoms with Crippen molar-refractivity contribution in [2.75, 3.05) is 19.7 Å². The molecule has 9 rings (SSSR count). The fourth-order valence-electron chi connectivity index (χ4n) is 8.82. The van der Waals surface area contributed by atoms with Crippen molar-refractivity contribution >= 4 is 29.7 Å². The third kappa shape index (κ3) is 14.9. The monoisotopic (exact) mass is 1070 g/mol. The maximum Gasteiger partial charge on any atom is 0.409 e. The number of benzene rings is 8. The molecule has 2 unspecified atom stereocenters. The number of unbranched alkanes of at least 4 members (excludes halogenated alkanes) is 1. The van der Waals surface area contributed by atoms with Gasteiger partial charge in [-0.05, 0) is 82.8 Å². The first-order valence-corrected chi connectivity index (χ1v) is 26.5. The molecule has 1 aliphatic heterocycles. The van der Waals surface area contributed by atoms with Crippen LogP contribution in [0.3, 0.4) is 0 Å². The molecule has 80 heavy (non-hydrogen) atoms. The normalized spacial score (nSPS) is 13.6. The molecule has 8 aromatic rings. The van der Waals surface area contributed by atoms with Gasteiger partial charge in [0.25, 0.3) is 5.91 Å². The van der Waals surface area contributed by atoms with Gasteiger partial charge in [-0.15, -0.1) is 0 Å². The van der Waals surface area contributed by atoms with Crippen LogP contribution in [0.4, 0.5) is 4.79 Å². The van der Waals surface area contributed by atoms with Crippen LogP contribution in [0.2, 0.25) is 0 Å². The van der Waals surface area contributed by atoms with Gasteiger partial charge in [0.05, 0.1) is 35.9 Å². The minimum atomic E-state index is -1.07. The summed E-state index contributed by atoms with van der Waals surface area (Å²) >= 11 is 0. The number of hydrogen-bond donors (Lipinski definition) is 1. The van der Waals surface area contributed by atoms with Crippen LogP contribution < -0.4 is 24.3 Å². The second-order valence-electron chi connectivity index (χ2n) is 18.9. The molecular weight excluding hydrogens is 1010 g/mol. The van der Waals surface area contributed by atoms with Gasteiger partial charge in [0.15, 0.2) is 0 Å². The number of esters is 2. The van der Waals surface area contributed by atoms with Crippen LogP contribution in [0.15, 0.2) is 206 Å². The number of amides is 2. The number of hydrogen-bond acceptors (Lipinski definition) is 12. The Morgan fingerprint density at radius 2 is 0.963 bits per heavy atom. The Bertz CT molecular complexity index is 3280. The molecule has 1 heterocycles. The van der Waals surface area contributed by atoms with Gasteiger partial charge in [0.1, 0.15) is 67.7 Å². The quantitative estimate of drug-likeness (QED) is 0.0264. The lowest BCUT2D eigenvalue weighted by molar-refractivity contribution is 0.0260. The Balaban J connectivity index is 1.07. The Hall–Kier alpha value is -9.69. The van der Waals surface area contributed by atoms with E-state index in [1.165, 1.54) is 23.1 Å². The Morgan fingerprint density at radius 1 is 0.475 bits per heavy atom. The van der Waals surface area contributed by atoms with Crippen LogP contribution >= 0.6 is 0 Å². The number of carbonyl (C=O) groups is 5. The van der Waals surface area contributed by atoms with E-state index in [0.29, 0.717) is 24.3 Å². The lowest BCUT2D eigenvalue weighted by Crippen LogP contribution is -2.44. The number of carbonyl (C=O) groups excluding carboxylic acids is 5. The van der Waals surface area contributed by atoms with Crippen molar-refractivity contribution in [3.8, 4) is 23.0 Å². The highest BCUT2D eigenvalue weighted by molar-refractivity contribution is 6.19. The van der Waals surface area contributed by atoms with Crippen LogP contribution in [0.1, 0.15) is 94.6 Å². The van der Waals surface area contributed by atoms with Crippen molar-refractivity contribution in [1.29, 1.82) is 0 Å². The molecular formula is C66H60N2O12. The standard InChI is InChI=1S/C66H60N2O12/c1-2-3-36-74-66(73)68-39-55(67-63(70)51-32-34-53(35-33-51)75-41-46-20-9-4-10-21-46)59(40-68)80-64(71)52-37-57(77-43-48-24-13-6-14-25-48)61(58(38-52)78-44-49-26-15-7-16-27-49)62(69)60-54(65(72)79-45-50-28-17-8-18-29-50)30-19-31-56(60)76-42-47-22-11-5-12-23-47/h4-35,37-38,55,59H,2-3,36,39-45H2,1H3,(H,67,70). The predicted octanol–water partition coefficient (Wildman–Crippen LogP) is 12.2. The Labute approximate surface area is 464 Å². The van der Waals surface area contributed by atoms with E-state index in [9.17, 15) is 19.2 Å². The molecule has 1 fully saturated rings. The summed E-state index contributed by atoms with van der Waals surface area (Å²) in [7, 11) is 0. The fraction of sp³-hybridized carbons (Fsp3) is 0.197. The fourth-order valence-corrected chi connectivity index (χ4v) is 8.82. The van der Waals surface area contributed by atoms with E-state index in [4.69, 9.17) is 33.2 Å². The summed E-state index contributed by atoms with van der Waals surface area (Å²) in [6.45, 7) is 2.25. The Kier molecular flexibility index (Phi) is 19.0. The van der Waals surface area contributed by atoms with Crippen molar-refractivity contribution < 1.29 is 57.1 Å². The highest BCUT2D eigenvalue weighted by Gasteiger charge is 2.40. The molecule has 0 aromatic heterocycles. The maximum atomic E-state index is 15.8. The molecule has 1 aliphatic rings. The predicted molar refractivity (Wildman–Crippen MR) is 300 cm³/mol. The molecule has 406 valence electrons. The van der Waals surface area contributed by atoms with Crippen molar-refractivity contribution in [1.82, 2.24) is 10.2 Å². The van der Waals surface area contributed by atoms with Crippen LogP contribution in [-0.4, -0.2) is 66.5 Å². The van der Waals surface area contributed by atoms with E-state index in [-0.39, 0.29) is 85.6 Å². The number of nitrogens with zero attached hydrogens (tertiary/aromatic N) is 1. The second-order valence-corrected chi connectivity index (χ2v) is 18.9. The summed E-state index contributed by atoms with van der Waals surface area (Å²) in [5.74, 6) is -2.37. The first kappa shape index (κ1) is 55.1. The summed E-state index contributed by atoms with van der Waals surface area (Å²) < 4.78 is 43.1. The van der Waals surface area contributed by atoms with Gasteiger partial charge < -0.3 is 43.4 Å². The van der Waals surface area contributed by atoms with Gasteiger partial charge in [-0.3, -0.25) is 9.59 Å². The van der Waals surface area contributed by atoms with Gasteiger partial charge in [-0.2, -0.15) is 0 Å². The molecule has 0 spiro atoms. The third-order valence-corrected chi connectivity index (χ3v) is 13.1. The minimum Gasteiger partial charge on any atom is -0.489 e. The summed E-state index contributed by atoms with van der Waals surface area (Å²) in [6.07, 6.45) is -0.238. The van der Waals surface area contributed by atoms with E-state index < -0.39 is 41.9 Å². The molecule has 8 aromatic carbocycles. The lowest BCUT2D eigenvalue weighted by atomic mass is 9.94. The second kappa shape index (κ2) is 27.6. The SMILES string of the molecule is CCCCOC(=O)N1CC(NC(=O)c2ccc(OCc3ccccc3)cc2)C(OC(=O)c2cc(OCc3ccccc3)c(C(=O)c3c(OCc4ccccc4)cccc3C(=O)OCc3ccccc3)c(OCc3ccccc3)c2)C1. The summed E-state index contributed by atoms with van der Waals surface area (Å²) in [5.41, 5.74) is 3.92. The van der Waals surface area contributed by atoms with Gasteiger partial charge in [-0.1, -0.05) is 171 Å². The molecule has 0 saturated carbocycles.